The number of fused-ring (bicyclic) bond motifs is 3. The Morgan fingerprint density at radius 1 is 0.588 bits per heavy atom. The van der Waals surface area contributed by atoms with Crippen LogP contribution in [0.25, 0.3) is 11.1 Å². The molecule has 0 N–H and O–H groups in total. The van der Waals surface area contributed by atoms with Crippen molar-refractivity contribution in [3.63, 3.8) is 0 Å². The summed E-state index contributed by atoms with van der Waals surface area (Å²) in [5.41, 5.74) is 14.5. The Morgan fingerprint density at radius 3 is 1.51 bits per heavy atom. The quantitative estimate of drug-likeness (QED) is 0.164. The second-order valence-corrected chi connectivity index (χ2v) is 19.1. The van der Waals surface area contributed by atoms with E-state index in [1.165, 1.54) is 83.1 Å². The molecule has 1 aliphatic rings. The van der Waals surface area contributed by atoms with Gasteiger partial charge in [-0.3, -0.25) is 0 Å². The smallest absolute Gasteiger partial charge is 0.172 e. The van der Waals surface area contributed by atoms with Crippen LogP contribution in [0.4, 0.5) is 0 Å². The van der Waals surface area contributed by atoms with Crippen molar-refractivity contribution >= 4 is 14.8 Å². The van der Waals surface area contributed by atoms with Gasteiger partial charge in [-0.25, -0.2) is 12.1 Å². The molecule has 6 rings (SSSR count). The van der Waals surface area contributed by atoms with E-state index in [9.17, 15) is 0 Å². The molecule has 0 radical (unpaired) electrons. The molecule has 0 bridgehead atoms. The first-order valence-corrected chi connectivity index (χ1v) is 19.1. The van der Waals surface area contributed by atoms with E-state index in [4.69, 9.17) is 11.6 Å². The molecule has 1 aliphatic carbocycles. The summed E-state index contributed by atoms with van der Waals surface area (Å²) in [6.45, 7) is 28.0. The first-order valence-electron chi connectivity index (χ1n) is 17.5. The molecule has 51 heavy (non-hydrogen) atoms. The Bertz CT molecular complexity index is 1760. The van der Waals surface area contributed by atoms with Crippen LogP contribution in [0.3, 0.4) is 0 Å². The molecule has 0 fully saturated rings. The first-order chi connectivity index (χ1) is 22.7. The van der Waals surface area contributed by atoms with Gasteiger partial charge in [0.2, 0.25) is 0 Å². The van der Waals surface area contributed by atoms with E-state index in [0.29, 0.717) is 0 Å². The van der Waals surface area contributed by atoms with Gasteiger partial charge in [0.15, 0.2) is 0 Å². The Hall–Kier alpha value is -2.15. The monoisotopic (exact) mass is 814 g/mol. The molecule has 270 valence electrons. The number of hydrogen-bond donors (Lipinski definition) is 0. The molecule has 0 atom stereocenters. The van der Waals surface area contributed by atoms with Gasteiger partial charge in [0.25, 0.3) is 0 Å². The van der Waals surface area contributed by atoms with Crippen LogP contribution in [0.15, 0.2) is 103 Å². The maximum absolute atomic E-state index is 5.86. The van der Waals surface area contributed by atoms with E-state index in [0.717, 1.165) is 11.4 Å². The van der Waals surface area contributed by atoms with Crippen LogP contribution in [0.5, 0.6) is 0 Å². The summed E-state index contributed by atoms with van der Waals surface area (Å²) in [7, 11) is 0. The van der Waals surface area contributed by atoms with E-state index in [-0.39, 0.29) is 46.5 Å². The van der Waals surface area contributed by atoms with Crippen LogP contribution >= 0.6 is 11.6 Å². The molecule has 0 heterocycles. The third kappa shape index (κ3) is 11.7. The molecular formula is C47H55Cl3Zr-2. The van der Waals surface area contributed by atoms with Crippen LogP contribution in [-0.4, -0.2) is 3.21 Å². The maximum Gasteiger partial charge on any atom is -0.172 e. The standard InChI is InChI=1S/C29H41.C13H9Cl.C5H5.2ClH.Zr/c1-26(2,3)22-14-18-13-19-15-23(27(4,5)6)25(29(10,11)12)17-21(19)20(18)16-24(22)28(7,8)9;14-13-8-6-12(7-9-13)10-11-4-2-1-3-5-11;1-2-4-5-3-1;;;/h14,16-17H,13H2,1-12H3;1-9H;1-5H;2*1H;/q-1;;-1;;;+2/p-2. The van der Waals surface area contributed by atoms with Crippen molar-refractivity contribution in [3.05, 3.63) is 159 Å². The average Bonchev–Trinajstić information content (AvgIpc) is 3.71. The minimum atomic E-state index is 0. The van der Waals surface area contributed by atoms with Gasteiger partial charge in [-0.05, 0) is 39.4 Å². The maximum atomic E-state index is 5.86. The van der Waals surface area contributed by atoms with Crippen LogP contribution in [0.1, 0.15) is 128 Å². The third-order valence-corrected chi connectivity index (χ3v) is 10.7. The second-order valence-electron chi connectivity index (χ2n) is 17.4. The van der Waals surface area contributed by atoms with Gasteiger partial charge in [0.1, 0.15) is 0 Å². The Kier molecular flexibility index (Phi) is 15.7. The minimum Gasteiger partial charge on any atom is -1.00 e. The summed E-state index contributed by atoms with van der Waals surface area (Å²) < 4.78 is 1.36. The van der Waals surface area contributed by atoms with Gasteiger partial charge in [-0.2, -0.15) is 35.9 Å². The second kappa shape index (κ2) is 17.8. The van der Waals surface area contributed by atoms with E-state index in [1.54, 1.807) is 0 Å². The summed E-state index contributed by atoms with van der Waals surface area (Å²) in [6.07, 6.45) is 1.01. The molecule has 0 aromatic heterocycles. The molecule has 0 amide bonds. The van der Waals surface area contributed by atoms with E-state index in [2.05, 4.69) is 144 Å². The molecule has 0 nitrogen and oxygen atoms in total. The van der Waals surface area contributed by atoms with Gasteiger partial charge in [-0.1, -0.05) is 106 Å². The van der Waals surface area contributed by atoms with Crippen molar-refractivity contribution in [2.45, 2.75) is 111 Å². The van der Waals surface area contributed by atoms with Crippen LogP contribution in [-0.2, 0) is 52.3 Å². The Labute approximate surface area is 342 Å². The average molecular weight is 818 g/mol. The fraction of sp³-hybridized carbons (Fsp3) is 0.362. The largest absolute Gasteiger partial charge is 1.00 e. The predicted molar refractivity (Wildman–Crippen MR) is 211 cm³/mol. The Balaban J connectivity index is 0.000000340. The van der Waals surface area contributed by atoms with Gasteiger partial charge in [0, 0.05) is 0 Å². The zero-order valence-electron chi connectivity index (χ0n) is 32.7. The molecule has 5 aromatic carbocycles. The normalized spacial score (nSPS) is 12.1. The molecule has 0 saturated heterocycles. The summed E-state index contributed by atoms with van der Waals surface area (Å²) >= 11 is 7.28. The molecule has 0 saturated carbocycles. The van der Waals surface area contributed by atoms with Gasteiger partial charge >= 0.3 is 110 Å². The molecule has 4 heteroatoms. The van der Waals surface area contributed by atoms with Crippen molar-refractivity contribution in [1.29, 1.82) is 0 Å². The van der Waals surface area contributed by atoms with Crippen LogP contribution in [0.2, 0.25) is 5.02 Å². The van der Waals surface area contributed by atoms with Gasteiger partial charge in [0.05, 0.1) is 0 Å². The van der Waals surface area contributed by atoms with Crippen molar-refractivity contribution in [2.75, 3.05) is 0 Å². The van der Waals surface area contributed by atoms with E-state index >= 15 is 0 Å². The van der Waals surface area contributed by atoms with E-state index in [1.807, 2.05) is 48.5 Å². The van der Waals surface area contributed by atoms with E-state index < -0.39 is 0 Å². The minimum absolute atomic E-state index is 0. The fourth-order valence-electron chi connectivity index (χ4n) is 6.33. The van der Waals surface area contributed by atoms with Crippen molar-refractivity contribution in [2.24, 2.45) is 0 Å². The zero-order valence-corrected chi connectivity index (χ0v) is 37.4. The molecule has 5 aromatic rings. The number of rotatable bonds is 2. The Morgan fingerprint density at radius 2 is 1.06 bits per heavy atom. The topological polar surface area (TPSA) is 0 Å². The molecule has 0 aliphatic heterocycles. The molecular weight excluding hydrogens is 762 g/mol. The predicted octanol–water partition coefficient (Wildman–Crippen LogP) is 7.12. The number of benzene rings is 4. The summed E-state index contributed by atoms with van der Waals surface area (Å²) in [4.78, 5) is 0. The van der Waals surface area contributed by atoms with Gasteiger partial charge < -0.3 is 24.8 Å². The molecule has 0 spiro atoms. The summed E-state index contributed by atoms with van der Waals surface area (Å²) in [6, 6.07) is 39.8. The fourth-order valence-corrected chi connectivity index (χ4v) is 7.28. The van der Waals surface area contributed by atoms with Crippen LogP contribution in [0, 0.1) is 6.07 Å². The number of halogens is 3. The number of hydrogen-bond acceptors (Lipinski definition) is 0. The first kappa shape index (κ1) is 45.0. The summed E-state index contributed by atoms with van der Waals surface area (Å²) in [5, 5.41) is 0.787. The van der Waals surface area contributed by atoms with Crippen LogP contribution < -0.4 is 24.8 Å². The zero-order chi connectivity index (χ0) is 36.4. The molecule has 0 unspecified atom stereocenters. The van der Waals surface area contributed by atoms with Crippen molar-refractivity contribution in [1.82, 2.24) is 0 Å². The van der Waals surface area contributed by atoms with Crippen molar-refractivity contribution < 1.29 is 49.0 Å². The summed E-state index contributed by atoms with van der Waals surface area (Å²) in [5.74, 6) is 0. The SMILES string of the molecule is CC(C)(C)c1[c-]c2c(cc1C(C)(C)C)-c1cc(C(C)(C)C)c(C(C)(C)C)cc1C2.Clc1ccc([C](=[Zr+2])c2ccccc2)cc1.[Cl-].[Cl-].c1cc[cH-]c1. The van der Waals surface area contributed by atoms with Crippen molar-refractivity contribution in [3.8, 4) is 11.1 Å². The third-order valence-electron chi connectivity index (χ3n) is 8.98. The van der Waals surface area contributed by atoms with Gasteiger partial charge in [-0.15, -0.1) is 16.7 Å².